The molecule has 16 heavy (non-hydrogen) atoms. The van der Waals surface area contributed by atoms with Crippen LogP contribution >= 0.6 is 11.6 Å². The number of halogens is 1. The van der Waals surface area contributed by atoms with Gasteiger partial charge in [-0.2, -0.15) is 0 Å². The summed E-state index contributed by atoms with van der Waals surface area (Å²) in [6.45, 7) is 0.478. The molecule has 1 aromatic rings. The van der Waals surface area contributed by atoms with E-state index < -0.39 is 0 Å². The minimum absolute atomic E-state index is 0.0421. The Balaban J connectivity index is 1.98. The highest BCUT2D eigenvalue weighted by molar-refractivity contribution is 6.29. The van der Waals surface area contributed by atoms with Crippen LogP contribution in [0.2, 0.25) is 5.15 Å². The second kappa shape index (κ2) is 4.49. The minimum Gasteiger partial charge on any atom is -0.354 e. The molecule has 6 heteroatoms. The molecule has 1 aliphatic heterocycles. The van der Waals surface area contributed by atoms with Gasteiger partial charge >= 0.3 is 0 Å². The highest BCUT2D eigenvalue weighted by atomic mass is 35.5. The molecule has 5 nitrogen and oxygen atoms in total. The zero-order valence-corrected chi connectivity index (χ0v) is 9.12. The highest BCUT2D eigenvalue weighted by Gasteiger charge is 2.23. The molecule has 2 heterocycles. The normalized spacial score (nSPS) is 19.3. The van der Waals surface area contributed by atoms with Crippen LogP contribution in [0.15, 0.2) is 18.3 Å². The summed E-state index contributed by atoms with van der Waals surface area (Å²) >= 11 is 5.61. The maximum atomic E-state index is 11.7. The average molecular weight is 240 g/mol. The van der Waals surface area contributed by atoms with E-state index in [4.69, 9.17) is 11.6 Å². The third kappa shape index (κ3) is 2.49. The van der Waals surface area contributed by atoms with E-state index in [0.717, 1.165) is 0 Å². The Labute approximate surface area is 97.2 Å². The molecule has 0 aliphatic carbocycles. The summed E-state index contributed by atoms with van der Waals surface area (Å²) in [5, 5.41) is 5.73. The quantitative estimate of drug-likeness (QED) is 0.732. The molecule has 0 radical (unpaired) electrons. The Kier molecular flexibility index (Phi) is 3.05. The predicted molar refractivity (Wildman–Crippen MR) is 58.1 cm³/mol. The van der Waals surface area contributed by atoms with Crippen molar-refractivity contribution >= 4 is 23.4 Å². The van der Waals surface area contributed by atoms with E-state index in [-0.39, 0.29) is 17.9 Å². The maximum absolute atomic E-state index is 11.7. The lowest BCUT2D eigenvalue weighted by Gasteiger charge is -2.09. The summed E-state index contributed by atoms with van der Waals surface area (Å²) in [5.41, 5.74) is 0.434. The van der Waals surface area contributed by atoms with Crippen molar-refractivity contribution in [2.75, 3.05) is 6.54 Å². The van der Waals surface area contributed by atoms with Gasteiger partial charge < -0.3 is 10.6 Å². The molecule has 84 valence electrons. The van der Waals surface area contributed by atoms with Crippen LogP contribution in [0.3, 0.4) is 0 Å². The Morgan fingerprint density at radius 2 is 2.38 bits per heavy atom. The Bertz CT molecular complexity index is 419. The van der Waals surface area contributed by atoms with E-state index in [1.54, 1.807) is 12.1 Å². The van der Waals surface area contributed by atoms with Crippen molar-refractivity contribution in [2.45, 2.75) is 12.5 Å². The van der Waals surface area contributed by atoms with Gasteiger partial charge in [-0.1, -0.05) is 11.6 Å². The van der Waals surface area contributed by atoms with E-state index in [2.05, 4.69) is 15.6 Å². The van der Waals surface area contributed by atoms with Crippen molar-refractivity contribution < 1.29 is 9.59 Å². The molecule has 1 atom stereocenters. The number of hydrogen-bond donors (Lipinski definition) is 2. The van der Waals surface area contributed by atoms with Gasteiger partial charge in [-0.15, -0.1) is 0 Å². The van der Waals surface area contributed by atoms with Crippen LogP contribution in [0, 0.1) is 0 Å². The van der Waals surface area contributed by atoms with E-state index >= 15 is 0 Å². The van der Waals surface area contributed by atoms with Crippen molar-refractivity contribution in [1.82, 2.24) is 15.6 Å². The first-order valence-corrected chi connectivity index (χ1v) is 5.22. The fourth-order valence-corrected chi connectivity index (χ4v) is 1.60. The topological polar surface area (TPSA) is 71.1 Å². The van der Waals surface area contributed by atoms with E-state index in [1.165, 1.54) is 6.20 Å². The molecule has 2 amide bonds. The standard InChI is InChI=1S/C10H10ClN3O2/c11-8-2-1-6(4-12-8)10(16)14-7-3-9(15)13-5-7/h1-2,4,7H,3,5H2,(H,13,15)(H,14,16). The second-order valence-electron chi connectivity index (χ2n) is 3.55. The Hall–Kier alpha value is -1.62. The van der Waals surface area contributed by atoms with Gasteiger partial charge in [0.15, 0.2) is 0 Å². The summed E-state index contributed by atoms with van der Waals surface area (Å²) < 4.78 is 0. The van der Waals surface area contributed by atoms with Crippen LogP contribution < -0.4 is 10.6 Å². The van der Waals surface area contributed by atoms with Gasteiger partial charge in [-0.25, -0.2) is 4.98 Å². The molecule has 0 spiro atoms. The van der Waals surface area contributed by atoms with Crippen molar-refractivity contribution in [3.63, 3.8) is 0 Å². The largest absolute Gasteiger partial charge is 0.354 e. The summed E-state index contributed by atoms with van der Waals surface area (Å²) in [5.74, 6) is -0.287. The van der Waals surface area contributed by atoms with Crippen molar-refractivity contribution in [3.05, 3.63) is 29.0 Å². The zero-order valence-electron chi connectivity index (χ0n) is 8.37. The summed E-state index contributed by atoms with van der Waals surface area (Å²) in [4.78, 5) is 26.4. The number of amides is 2. The lowest BCUT2D eigenvalue weighted by atomic mass is 10.2. The van der Waals surface area contributed by atoms with Crippen molar-refractivity contribution in [1.29, 1.82) is 0 Å². The van der Waals surface area contributed by atoms with Crippen LogP contribution in [-0.4, -0.2) is 29.4 Å². The molecule has 1 unspecified atom stereocenters. The van der Waals surface area contributed by atoms with Crippen LogP contribution in [0.1, 0.15) is 16.8 Å². The summed E-state index contributed by atoms with van der Waals surface area (Å²) in [6, 6.07) is 3.00. The van der Waals surface area contributed by atoms with Gasteiger partial charge in [0.1, 0.15) is 5.15 Å². The van der Waals surface area contributed by atoms with Crippen molar-refractivity contribution in [3.8, 4) is 0 Å². The number of nitrogens with zero attached hydrogens (tertiary/aromatic N) is 1. The SMILES string of the molecule is O=C1CC(NC(=O)c2ccc(Cl)nc2)CN1. The number of pyridine rings is 1. The van der Waals surface area contributed by atoms with E-state index in [9.17, 15) is 9.59 Å². The molecule has 2 rings (SSSR count). The first-order valence-electron chi connectivity index (χ1n) is 4.84. The summed E-state index contributed by atoms with van der Waals surface area (Å²) in [6.07, 6.45) is 1.73. The van der Waals surface area contributed by atoms with Crippen molar-refractivity contribution in [2.24, 2.45) is 0 Å². The first-order chi connectivity index (χ1) is 7.65. The molecule has 1 saturated heterocycles. The van der Waals surface area contributed by atoms with Gasteiger partial charge in [0.25, 0.3) is 5.91 Å². The average Bonchev–Trinajstić information content (AvgIpc) is 2.65. The van der Waals surface area contributed by atoms with Gasteiger partial charge in [0, 0.05) is 19.2 Å². The fourth-order valence-electron chi connectivity index (χ4n) is 1.49. The lowest BCUT2D eigenvalue weighted by Crippen LogP contribution is -2.36. The number of aromatic nitrogens is 1. The monoisotopic (exact) mass is 239 g/mol. The highest BCUT2D eigenvalue weighted by Crippen LogP contribution is 2.06. The number of carbonyl (C=O) groups excluding carboxylic acids is 2. The van der Waals surface area contributed by atoms with E-state index in [0.29, 0.717) is 23.7 Å². The number of hydrogen-bond acceptors (Lipinski definition) is 3. The molecule has 0 saturated carbocycles. The third-order valence-electron chi connectivity index (χ3n) is 2.30. The lowest BCUT2D eigenvalue weighted by molar-refractivity contribution is -0.119. The van der Waals surface area contributed by atoms with Gasteiger partial charge in [0.2, 0.25) is 5.91 Å². The smallest absolute Gasteiger partial charge is 0.253 e. The second-order valence-corrected chi connectivity index (χ2v) is 3.94. The maximum Gasteiger partial charge on any atom is 0.253 e. The first kappa shape index (κ1) is 10.9. The zero-order chi connectivity index (χ0) is 11.5. The number of carbonyl (C=O) groups is 2. The molecule has 0 aromatic carbocycles. The molecular formula is C10H10ClN3O2. The number of rotatable bonds is 2. The van der Waals surface area contributed by atoms with Crippen LogP contribution in [0.5, 0.6) is 0 Å². The van der Waals surface area contributed by atoms with Gasteiger partial charge in [0.05, 0.1) is 11.6 Å². The molecular weight excluding hydrogens is 230 g/mol. The molecule has 1 aromatic heterocycles. The molecule has 0 bridgehead atoms. The number of nitrogens with one attached hydrogen (secondary N) is 2. The Morgan fingerprint density at radius 1 is 1.56 bits per heavy atom. The van der Waals surface area contributed by atoms with Gasteiger partial charge in [-0.3, -0.25) is 9.59 Å². The Morgan fingerprint density at radius 3 is 2.94 bits per heavy atom. The van der Waals surface area contributed by atoms with E-state index in [1.807, 2.05) is 0 Å². The molecule has 2 N–H and O–H groups in total. The van der Waals surface area contributed by atoms with Gasteiger partial charge in [-0.05, 0) is 12.1 Å². The fraction of sp³-hybridized carbons (Fsp3) is 0.300. The molecule has 1 aliphatic rings. The third-order valence-corrected chi connectivity index (χ3v) is 2.53. The van der Waals surface area contributed by atoms with Crippen LogP contribution in [0.4, 0.5) is 0 Å². The van der Waals surface area contributed by atoms with Crippen LogP contribution in [-0.2, 0) is 4.79 Å². The van der Waals surface area contributed by atoms with Crippen LogP contribution in [0.25, 0.3) is 0 Å². The summed E-state index contributed by atoms with van der Waals surface area (Å²) in [7, 11) is 0. The minimum atomic E-state index is -0.245. The molecule has 1 fully saturated rings. The predicted octanol–water partition coefficient (Wildman–Crippen LogP) is 0.353.